The molecule has 0 radical (unpaired) electrons. The smallest absolute Gasteiger partial charge is 0.201 e. The van der Waals surface area contributed by atoms with E-state index in [0.29, 0.717) is 22.5 Å². The van der Waals surface area contributed by atoms with Crippen LogP contribution in [0.1, 0.15) is 78.9 Å². The van der Waals surface area contributed by atoms with Gasteiger partial charge in [0.25, 0.3) is 0 Å². The van der Waals surface area contributed by atoms with E-state index in [4.69, 9.17) is 4.43 Å². The first-order valence-corrected chi connectivity index (χ1v) is 12.8. The lowest BCUT2D eigenvalue weighted by Gasteiger charge is -2.46. The minimum atomic E-state index is -1.92. The van der Waals surface area contributed by atoms with Gasteiger partial charge in [-0.25, -0.2) is 0 Å². The van der Waals surface area contributed by atoms with Crippen molar-refractivity contribution < 1.29 is 4.43 Å². The van der Waals surface area contributed by atoms with Crippen LogP contribution < -0.4 is 0 Å². The van der Waals surface area contributed by atoms with Crippen molar-refractivity contribution in [2.45, 2.75) is 90.0 Å². The predicted molar refractivity (Wildman–Crippen MR) is 117 cm³/mol. The van der Waals surface area contributed by atoms with Crippen LogP contribution in [0.3, 0.4) is 0 Å². The Labute approximate surface area is 163 Å². The first-order valence-electron chi connectivity index (χ1n) is 10.7. The molecule has 1 fully saturated rings. The van der Waals surface area contributed by atoms with Gasteiger partial charge in [0.2, 0.25) is 8.32 Å². The van der Waals surface area contributed by atoms with Crippen molar-refractivity contribution in [2.75, 3.05) is 0 Å². The number of hydrogen-bond donors (Lipinski definition) is 0. The van der Waals surface area contributed by atoms with E-state index >= 15 is 0 Å². The van der Waals surface area contributed by atoms with Gasteiger partial charge in [-0.1, -0.05) is 84.4 Å². The molecule has 1 aliphatic carbocycles. The fraction of sp³-hybridized carbons (Fsp3) is 0.667. The van der Waals surface area contributed by atoms with E-state index in [1.165, 1.54) is 24.8 Å². The van der Waals surface area contributed by atoms with Crippen molar-refractivity contribution in [2.24, 2.45) is 11.8 Å². The summed E-state index contributed by atoms with van der Waals surface area (Å²) >= 11 is 0. The Hall–Kier alpha value is -0.863. The molecule has 1 aromatic rings. The molecule has 0 saturated heterocycles. The summed E-state index contributed by atoms with van der Waals surface area (Å²) in [5.41, 5.74) is 3.24. The molecule has 1 nitrogen and oxygen atoms in total. The van der Waals surface area contributed by atoms with Gasteiger partial charge in [-0.15, -0.1) is 6.58 Å². The van der Waals surface area contributed by atoms with Gasteiger partial charge in [0, 0.05) is 0 Å². The molecule has 0 aliphatic heterocycles. The van der Waals surface area contributed by atoms with E-state index in [2.05, 4.69) is 84.5 Å². The molecule has 26 heavy (non-hydrogen) atoms. The molecule has 0 N–H and O–H groups in total. The highest BCUT2D eigenvalue weighted by atomic mass is 28.4. The maximum atomic E-state index is 7.37. The average Bonchev–Trinajstić information content (AvgIpc) is 3.04. The summed E-state index contributed by atoms with van der Waals surface area (Å²) in [7, 11) is -1.92. The average molecular weight is 373 g/mol. The second kappa shape index (κ2) is 9.37. The van der Waals surface area contributed by atoms with Crippen LogP contribution in [0.2, 0.25) is 16.6 Å². The van der Waals surface area contributed by atoms with E-state index in [1.807, 2.05) is 0 Å². The number of rotatable bonds is 9. The zero-order valence-electron chi connectivity index (χ0n) is 17.9. The third-order valence-corrected chi connectivity index (χ3v) is 12.8. The van der Waals surface area contributed by atoms with Crippen molar-refractivity contribution in [3.63, 3.8) is 0 Å². The fourth-order valence-electron chi connectivity index (χ4n) is 5.64. The lowest BCUT2D eigenvalue weighted by molar-refractivity contribution is 0.0905. The molecule has 0 unspecified atom stereocenters. The largest absolute Gasteiger partial charge is 0.409 e. The SMILES string of the molecule is C=CC[C@H]1CCC[C@@H]1[C@@H](O[Si](C(C)C)(C(C)C)C(C)C)c1ccccc1. The van der Waals surface area contributed by atoms with Crippen molar-refractivity contribution in [1.82, 2.24) is 0 Å². The molecular formula is C24H40OSi. The predicted octanol–water partition coefficient (Wildman–Crippen LogP) is 7.91. The summed E-state index contributed by atoms with van der Waals surface area (Å²) in [6.07, 6.45) is 7.41. The quantitative estimate of drug-likeness (QED) is 0.316. The Morgan fingerprint density at radius 1 is 1.00 bits per heavy atom. The van der Waals surface area contributed by atoms with E-state index in [0.717, 1.165) is 12.3 Å². The van der Waals surface area contributed by atoms with Crippen LogP contribution in [0, 0.1) is 11.8 Å². The lowest BCUT2D eigenvalue weighted by atomic mass is 9.85. The van der Waals surface area contributed by atoms with Crippen molar-refractivity contribution in [3.8, 4) is 0 Å². The summed E-state index contributed by atoms with van der Waals surface area (Å²) < 4.78 is 7.37. The zero-order valence-corrected chi connectivity index (χ0v) is 18.9. The zero-order chi connectivity index (χ0) is 19.3. The van der Waals surface area contributed by atoms with Gasteiger partial charge in [-0.3, -0.25) is 0 Å². The first kappa shape index (κ1) is 21.4. The number of hydrogen-bond acceptors (Lipinski definition) is 1. The van der Waals surface area contributed by atoms with Crippen LogP contribution in [-0.2, 0) is 4.43 Å². The minimum Gasteiger partial charge on any atom is -0.409 e. The molecule has 2 rings (SSSR count). The Bertz CT molecular complexity index is 527. The standard InChI is InChI=1S/C24H40OSi/c1-8-13-21-16-12-17-23(21)24(22-14-10-9-11-15-22)25-26(18(2)3,19(4)5)20(6)7/h8-11,14-15,18-21,23-24H,1,12-13,16-17H2,2-7H3/t21-,23-,24-/m0/s1. The highest BCUT2D eigenvalue weighted by Gasteiger charge is 2.48. The summed E-state index contributed by atoms with van der Waals surface area (Å²) in [4.78, 5) is 0. The van der Waals surface area contributed by atoms with E-state index in [9.17, 15) is 0 Å². The third-order valence-electron chi connectivity index (χ3n) is 6.74. The fourth-order valence-corrected chi connectivity index (χ4v) is 11.2. The van der Waals surface area contributed by atoms with Crippen LogP contribution in [0.4, 0.5) is 0 Å². The Morgan fingerprint density at radius 3 is 2.08 bits per heavy atom. The second-order valence-electron chi connectivity index (χ2n) is 9.15. The Kier molecular flexibility index (Phi) is 7.72. The van der Waals surface area contributed by atoms with Crippen molar-refractivity contribution in [1.29, 1.82) is 0 Å². The molecule has 2 heteroatoms. The van der Waals surface area contributed by atoms with Crippen LogP contribution in [0.15, 0.2) is 43.0 Å². The lowest BCUT2D eigenvalue weighted by Crippen LogP contribution is -2.49. The highest BCUT2D eigenvalue weighted by Crippen LogP contribution is 2.50. The minimum absolute atomic E-state index is 0.238. The van der Waals surface area contributed by atoms with E-state index < -0.39 is 8.32 Å². The van der Waals surface area contributed by atoms with Crippen LogP contribution >= 0.6 is 0 Å². The third kappa shape index (κ3) is 4.34. The van der Waals surface area contributed by atoms with E-state index in [1.54, 1.807) is 0 Å². The monoisotopic (exact) mass is 372 g/mol. The van der Waals surface area contributed by atoms with Gasteiger partial charge in [0.05, 0.1) is 6.10 Å². The van der Waals surface area contributed by atoms with Gasteiger partial charge < -0.3 is 4.43 Å². The molecular weight excluding hydrogens is 332 g/mol. The summed E-state index contributed by atoms with van der Waals surface area (Å²) in [6, 6.07) is 11.0. The molecule has 0 amide bonds. The summed E-state index contributed by atoms with van der Waals surface area (Å²) in [6.45, 7) is 18.4. The second-order valence-corrected chi connectivity index (χ2v) is 14.6. The Morgan fingerprint density at radius 2 is 1.58 bits per heavy atom. The topological polar surface area (TPSA) is 9.23 Å². The van der Waals surface area contributed by atoms with Crippen LogP contribution in [0.5, 0.6) is 0 Å². The molecule has 0 heterocycles. The van der Waals surface area contributed by atoms with Crippen LogP contribution in [0.25, 0.3) is 0 Å². The molecule has 0 aromatic heterocycles. The van der Waals surface area contributed by atoms with Crippen molar-refractivity contribution >= 4 is 8.32 Å². The first-order chi connectivity index (χ1) is 12.3. The molecule has 0 spiro atoms. The number of allylic oxidation sites excluding steroid dienone is 1. The Balaban J connectivity index is 2.45. The molecule has 1 saturated carbocycles. The van der Waals surface area contributed by atoms with Gasteiger partial charge in [-0.05, 0) is 53.3 Å². The molecule has 1 aliphatic rings. The van der Waals surface area contributed by atoms with Gasteiger partial charge in [0.15, 0.2) is 0 Å². The number of benzene rings is 1. The van der Waals surface area contributed by atoms with Gasteiger partial charge in [-0.2, -0.15) is 0 Å². The summed E-state index contributed by atoms with van der Waals surface area (Å²) in [5, 5.41) is 0. The van der Waals surface area contributed by atoms with Gasteiger partial charge in [0.1, 0.15) is 0 Å². The normalized spacial score (nSPS) is 22.3. The summed E-state index contributed by atoms with van der Waals surface area (Å²) in [5.74, 6) is 1.34. The van der Waals surface area contributed by atoms with E-state index in [-0.39, 0.29) is 6.10 Å². The molecule has 146 valence electrons. The molecule has 3 atom stereocenters. The molecule has 1 aromatic carbocycles. The highest BCUT2D eigenvalue weighted by molar-refractivity contribution is 6.77. The van der Waals surface area contributed by atoms with Crippen LogP contribution in [-0.4, -0.2) is 8.32 Å². The maximum absolute atomic E-state index is 7.37. The van der Waals surface area contributed by atoms with Crippen molar-refractivity contribution in [3.05, 3.63) is 48.6 Å². The van der Waals surface area contributed by atoms with Gasteiger partial charge >= 0.3 is 0 Å². The molecule has 0 bridgehead atoms. The maximum Gasteiger partial charge on any atom is 0.201 e.